The van der Waals surface area contributed by atoms with E-state index in [1.54, 1.807) is 0 Å². The lowest BCUT2D eigenvalue weighted by atomic mass is 10.0. The van der Waals surface area contributed by atoms with Gasteiger partial charge in [0, 0.05) is 27.7 Å². The molecule has 0 saturated carbocycles. The molecule has 10 heteroatoms. The van der Waals surface area contributed by atoms with Gasteiger partial charge in [0.25, 0.3) is 0 Å². The normalized spacial score (nSPS) is 15.2. The van der Waals surface area contributed by atoms with E-state index in [0.717, 1.165) is 27.7 Å². The van der Waals surface area contributed by atoms with E-state index >= 15 is 0 Å². The van der Waals surface area contributed by atoms with Gasteiger partial charge in [-0.15, -0.1) is 0 Å². The van der Waals surface area contributed by atoms with E-state index in [1.807, 2.05) is 0 Å². The number of hydrogen-bond donors (Lipinski definition) is 2. The summed E-state index contributed by atoms with van der Waals surface area (Å²) < 4.78 is 14.8. The van der Waals surface area contributed by atoms with Crippen molar-refractivity contribution < 1.29 is 43.3 Å². The molecule has 0 aromatic rings. The second-order valence-electron chi connectivity index (χ2n) is 4.84. The molecule has 1 amide bonds. The molecule has 0 aliphatic heterocycles. The van der Waals surface area contributed by atoms with Crippen LogP contribution in [-0.4, -0.2) is 66.2 Å². The molecule has 0 aliphatic carbocycles. The number of carbonyl (C=O) groups is 5. The van der Waals surface area contributed by atoms with Crippen LogP contribution in [0.3, 0.4) is 0 Å². The predicted octanol–water partition coefficient (Wildman–Crippen LogP) is -1.52. The van der Waals surface area contributed by atoms with Gasteiger partial charge in [-0.2, -0.15) is 0 Å². The van der Waals surface area contributed by atoms with E-state index in [0.29, 0.717) is 0 Å². The van der Waals surface area contributed by atoms with Crippen LogP contribution in [0.4, 0.5) is 0 Å². The first-order valence-corrected chi connectivity index (χ1v) is 6.97. The first-order chi connectivity index (χ1) is 11.1. The van der Waals surface area contributed by atoms with Gasteiger partial charge in [-0.05, 0) is 0 Å². The Hall–Kier alpha value is -2.49. The summed E-state index contributed by atoms with van der Waals surface area (Å²) in [6, 6.07) is -1.39. The molecular formula is C14H21NO9. The summed E-state index contributed by atoms with van der Waals surface area (Å²) >= 11 is 0. The molecule has 0 saturated heterocycles. The highest BCUT2D eigenvalue weighted by atomic mass is 16.6. The number of esters is 3. The zero-order valence-electron chi connectivity index (χ0n) is 13.8. The van der Waals surface area contributed by atoms with Crippen LogP contribution < -0.4 is 5.32 Å². The number of carbonyl (C=O) groups excluding carboxylic acids is 5. The minimum Gasteiger partial charge on any atom is -0.456 e. The minimum absolute atomic E-state index is 0.272. The fourth-order valence-electron chi connectivity index (χ4n) is 1.93. The average molecular weight is 347 g/mol. The van der Waals surface area contributed by atoms with E-state index in [4.69, 9.17) is 14.2 Å². The topological polar surface area (TPSA) is 145 Å². The second-order valence-corrected chi connectivity index (χ2v) is 4.84. The lowest BCUT2D eigenvalue weighted by Crippen LogP contribution is -2.57. The summed E-state index contributed by atoms with van der Waals surface area (Å²) in [5.74, 6) is -3.09. The third kappa shape index (κ3) is 7.68. The zero-order valence-corrected chi connectivity index (χ0v) is 13.8. The molecule has 0 rings (SSSR count). The number of aldehydes is 1. The van der Waals surface area contributed by atoms with E-state index in [-0.39, 0.29) is 6.29 Å². The fraction of sp³-hybridized carbons (Fsp3) is 0.643. The van der Waals surface area contributed by atoms with Gasteiger partial charge in [0.1, 0.15) is 12.3 Å². The largest absolute Gasteiger partial charge is 0.456 e. The van der Waals surface area contributed by atoms with Crippen molar-refractivity contribution in [2.75, 3.05) is 6.61 Å². The van der Waals surface area contributed by atoms with E-state index in [1.165, 1.54) is 0 Å². The Bertz CT molecular complexity index is 491. The molecule has 0 aromatic carbocycles. The van der Waals surface area contributed by atoms with Gasteiger partial charge < -0.3 is 29.4 Å². The van der Waals surface area contributed by atoms with Crippen LogP contribution in [0.15, 0.2) is 0 Å². The summed E-state index contributed by atoms with van der Waals surface area (Å²) in [5, 5.41) is 11.6. The van der Waals surface area contributed by atoms with Gasteiger partial charge in [0.05, 0.1) is 6.61 Å². The highest BCUT2D eigenvalue weighted by Crippen LogP contribution is 2.16. The van der Waals surface area contributed by atoms with Gasteiger partial charge in [0.15, 0.2) is 18.3 Å². The Morgan fingerprint density at radius 3 is 1.71 bits per heavy atom. The van der Waals surface area contributed by atoms with Crippen LogP contribution in [0, 0.1) is 0 Å². The van der Waals surface area contributed by atoms with Crippen LogP contribution in [0.5, 0.6) is 0 Å². The molecule has 0 fully saturated rings. The maximum atomic E-state index is 11.3. The van der Waals surface area contributed by atoms with Gasteiger partial charge in [0.2, 0.25) is 5.91 Å². The van der Waals surface area contributed by atoms with Gasteiger partial charge in [-0.3, -0.25) is 19.2 Å². The van der Waals surface area contributed by atoms with Crippen LogP contribution in [0.2, 0.25) is 0 Å². The predicted molar refractivity (Wildman–Crippen MR) is 77.4 cm³/mol. The lowest BCUT2D eigenvalue weighted by Gasteiger charge is -2.33. The number of rotatable bonds is 9. The van der Waals surface area contributed by atoms with Crippen LogP contribution in [0.25, 0.3) is 0 Å². The smallest absolute Gasteiger partial charge is 0.303 e. The average Bonchev–Trinajstić information content (AvgIpc) is 2.45. The van der Waals surface area contributed by atoms with Crippen LogP contribution in [-0.2, 0) is 38.2 Å². The highest BCUT2D eigenvalue weighted by molar-refractivity contribution is 5.78. The Balaban J connectivity index is 5.79. The molecular weight excluding hydrogens is 326 g/mol. The van der Waals surface area contributed by atoms with E-state index < -0.39 is 54.8 Å². The molecule has 4 atom stereocenters. The lowest BCUT2D eigenvalue weighted by molar-refractivity contribution is -0.188. The Labute approximate surface area is 138 Å². The first-order valence-electron chi connectivity index (χ1n) is 6.97. The van der Waals surface area contributed by atoms with Crippen LogP contribution in [0.1, 0.15) is 27.7 Å². The van der Waals surface area contributed by atoms with Gasteiger partial charge in [-0.1, -0.05) is 0 Å². The number of aliphatic hydroxyl groups is 1. The maximum Gasteiger partial charge on any atom is 0.303 e. The van der Waals surface area contributed by atoms with E-state index in [2.05, 4.69) is 5.32 Å². The van der Waals surface area contributed by atoms with Crippen molar-refractivity contribution in [3.05, 3.63) is 0 Å². The van der Waals surface area contributed by atoms with Crippen molar-refractivity contribution >= 4 is 30.1 Å². The molecule has 0 radical (unpaired) electrons. The maximum absolute atomic E-state index is 11.3. The Morgan fingerprint density at radius 2 is 1.38 bits per heavy atom. The fourth-order valence-corrected chi connectivity index (χ4v) is 1.93. The molecule has 10 nitrogen and oxygen atoms in total. The van der Waals surface area contributed by atoms with Crippen molar-refractivity contribution in [2.24, 2.45) is 0 Å². The number of ether oxygens (including phenoxy) is 3. The minimum atomic E-state index is -1.51. The molecule has 0 aromatic heterocycles. The Morgan fingerprint density at radius 1 is 0.917 bits per heavy atom. The van der Waals surface area contributed by atoms with Crippen LogP contribution >= 0.6 is 0 Å². The monoisotopic (exact) mass is 347 g/mol. The summed E-state index contributed by atoms with van der Waals surface area (Å²) in [6.07, 6.45) is -4.16. The van der Waals surface area contributed by atoms with Crippen molar-refractivity contribution in [1.29, 1.82) is 0 Å². The number of aliphatic hydroxyl groups excluding tert-OH is 1. The van der Waals surface area contributed by atoms with Crippen molar-refractivity contribution in [3.8, 4) is 0 Å². The zero-order chi connectivity index (χ0) is 18.9. The van der Waals surface area contributed by atoms with E-state index in [9.17, 15) is 29.1 Å². The summed E-state index contributed by atoms with van der Waals surface area (Å²) in [6.45, 7) is 3.47. The van der Waals surface area contributed by atoms with Crippen molar-refractivity contribution in [3.63, 3.8) is 0 Å². The SMILES string of the molecule is CC(=O)N[C@@H](C=O)[C@@H](OC(C)=O)[C@H](OC(C)=O)[C@@H](CO)OC(C)=O. The standard InChI is InChI=1S/C14H21NO9/c1-7(18)15-11(5-16)13(23-9(3)20)14(24-10(4)21)12(6-17)22-8(2)19/h5,11-14,17H,6H2,1-4H3,(H,15,18)/t11-,12+,13+,14+/m0/s1. The summed E-state index contributed by atoms with van der Waals surface area (Å²) in [5.41, 5.74) is 0. The molecule has 0 spiro atoms. The summed E-state index contributed by atoms with van der Waals surface area (Å²) in [4.78, 5) is 56.3. The Kier molecular flexibility index (Phi) is 9.25. The number of nitrogens with one attached hydrogen (secondary N) is 1. The molecule has 136 valence electrons. The van der Waals surface area contributed by atoms with Gasteiger partial charge >= 0.3 is 17.9 Å². The second kappa shape index (κ2) is 10.3. The third-order valence-corrected chi connectivity index (χ3v) is 2.66. The van der Waals surface area contributed by atoms with Crippen molar-refractivity contribution in [1.82, 2.24) is 5.32 Å². The molecule has 0 unspecified atom stereocenters. The highest BCUT2D eigenvalue weighted by Gasteiger charge is 2.41. The first kappa shape index (κ1) is 21.5. The molecule has 2 N–H and O–H groups in total. The molecule has 0 aliphatic rings. The summed E-state index contributed by atoms with van der Waals surface area (Å²) in [7, 11) is 0. The molecule has 24 heavy (non-hydrogen) atoms. The number of amides is 1. The quantitative estimate of drug-likeness (QED) is 0.288. The molecule has 0 bridgehead atoms. The third-order valence-electron chi connectivity index (χ3n) is 2.66. The number of hydrogen-bond acceptors (Lipinski definition) is 9. The molecule has 0 heterocycles. The van der Waals surface area contributed by atoms with Gasteiger partial charge in [-0.25, -0.2) is 0 Å². The van der Waals surface area contributed by atoms with Crippen molar-refractivity contribution in [2.45, 2.75) is 52.0 Å².